The molecule has 0 aromatic heterocycles. The third kappa shape index (κ3) is 2.50. The van der Waals surface area contributed by atoms with Crippen LogP contribution in [0.1, 0.15) is 6.42 Å². The molecule has 0 spiro atoms. The molecule has 84 valence electrons. The van der Waals surface area contributed by atoms with Gasteiger partial charge in [-0.2, -0.15) is 0 Å². The SMILES string of the molecule is N#CC(C#N)=C1[Se]CCCN1c1ccccc1. The van der Waals surface area contributed by atoms with Crippen LogP contribution < -0.4 is 4.90 Å². The molecule has 1 aliphatic heterocycles. The zero-order valence-electron chi connectivity index (χ0n) is 9.26. The molecule has 1 aromatic carbocycles. The average molecular weight is 288 g/mol. The van der Waals surface area contributed by atoms with Crippen molar-refractivity contribution in [3.63, 3.8) is 0 Å². The zero-order chi connectivity index (χ0) is 12.1. The van der Waals surface area contributed by atoms with Crippen LogP contribution in [0.15, 0.2) is 40.5 Å². The summed E-state index contributed by atoms with van der Waals surface area (Å²) in [4.78, 5) is 2.12. The summed E-state index contributed by atoms with van der Waals surface area (Å²) in [6.45, 7) is 0.897. The van der Waals surface area contributed by atoms with Gasteiger partial charge in [0.05, 0.1) is 0 Å². The number of hydrogen-bond acceptors (Lipinski definition) is 3. The minimum atomic E-state index is 0.231. The van der Waals surface area contributed by atoms with E-state index >= 15 is 0 Å². The Morgan fingerprint density at radius 1 is 1.18 bits per heavy atom. The number of para-hydroxylation sites is 1. The Balaban J connectivity index is 2.42. The molecule has 0 amide bonds. The molecule has 0 bridgehead atoms. The molecule has 0 atom stereocenters. The van der Waals surface area contributed by atoms with Gasteiger partial charge in [0.15, 0.2) is 0 Å². The van der Waals surface area contributed by atoms with Crippen LogP contribution in [0.3, 0.4) is 0 Å². The van der Waals surface area contributed by atoms with Gasteiger partial charge in [-0.25, -0.2) is 0 Å². The van der Waals surface area contributed by atoms with Crippen molar-refractivity contribution in [3.05, 3.63) is 40.5 Å². The Morgan fingerprint density at radius 3 is 2.53 bits per heavy atom. The predicted molar refractivity (Wildman–Crippen MR) is 67.2 cm³/mol. The van der Waals surface area contributed by atoms with Gasteiger partial charge in [0, 0.05) is 0 Å². The van der Waals surface area contributed by atoms with Crippen molar-refractivity contribution < 1.29 is 0 Å². The van der Waals surface area contributed by atoms with Gasteiger partial charge in [0.25, 0.3) is 0 Å². The second-order valence-corrected chi connectivity index (χ2v) is 5.87. The van der Waals surface area contributed by atoms with E-state index in [0.29, 0.717) is 0 Å². The van der Waals surface area contributed by atoms with E-state index in [4.69, 9.17) is 10.5 Å². The van der Waals surface area contributed by atoms with E-state index in [1.165, 1.54) is 0 Å². The van der Waals surface area contributed by atoms with E-state index in [9.17, 15) is 0 Å². The van der Waals surface area contributed by atoms with Crippen LogP contribution in [0.5, 0.6) is 0 Å². The Labute approximate surface area is 107 Å². The topological polar surface area (TPSA) is 50.8 Å². The molecule has 2 rings (SSSR count). The van der Waals surface area contributed by atoms with Crippen LogP contribution in [-0.2, 0) is 0 Å². The summed E-state index contributed by atoms with van der Waals surface area (Å²) in [6, 6.07) is 14.0. The van der Waals surface area contributed by atoms with E-state index in [0.717, 1.165) is 28.6 Å². The number of anilines is 1. The third-order valence-electron chi connectivity index (χ3n) is 2.52. The van der Waals surface area contributed by atoms with E-state index in [1.54, 1.807) is 0 Å². The van der Waals surface area contributed by atoms with E-state index in [-0.39, 0.29) is 20.5 Å². The van der Waals surface area contributed by atoms with Gasteiger partial charge >= 0.3 is 107 Å². The third-order valence-corrected chi connectivity index (χ3v) is 5.01. The Morgan fingerprint density at radius 2 is 1.88 bits per heavy atom. The fourth-order valence-corrected chi connectivity index (χ4v) is 3.97. The molecule has 0 unspecified atom stereocenters. The van der Waals surface area contributed by atoms with Crippen LogP contribution in [0.25, 0.3) is 0 Å². The molecular formula is C13H11N3Se. The molecule has 1 saturated heterocycles. The van der Waals surface area contributed by atoms with Crippen molar-refractivity contribution in [2.24, 2.45) is 0 Å². The van der Waals surface area contributed by atoms with Gasteiger partial charge in [0.2, 0.25) is 0 Å². The van der Waals surface area contributed by atoms with Crippen molar-refractivity contribution in [3.8, 4) is 12.1 Å². The van der Waals surface area contributed by atoms with Crippen molar-refractivity contribution >= 4 is 20.6 Å². The minimum absolute atomic E-state index is 0.231. The molecule has 3 nitrogen and oxygen atoms in total. The van der Waals surface area contributed by atoms with Crippen LogP contribution in [0, 0.1) is 22.7 Å². The van der Waals surface area contributed by atoms with Gasteiger partial charge in [-0.15, -0.1) is 0 Å². The van der Waals surface area contributed by atoms with Crippen molar-refractivity contribution in [2.45, 2.75) is 11.7 Å². The van der Waals surface area contributed by atoms with Crippen LogP contribution in [0.2, 0.25) is 5.32 Å². The first-order valence-corrected chi connectivity index (χ1v) is 7.43. The second-order valence-electron chi connectivity index (χ2n) is 3.59. The average Bonchev–Trinajstić information content (AvgIpc) is 2.42. The monoisotopic (exact) mass is 289 g/mol. The van der Waals surface area contributed by atoms with Crippen molar-refractivity contribution in [2.75, 3.05) is 11.4 Å². The number of nitriles is 2. The number of rotatable bonds is 1. The summed E-state index contributed by atoms with van der Waals surface area (Å²) in [5, 5.41) is 19.1. The first-order chi connectivity index (χ1) is 8.36. The predicted octanol–water partition coefficient (Wildman–Crippen LogP) is 2.28. The fourth-order valence-electron chi connectivity index (χ4n) is 1.75. The van der Waals surface area contributed by atoms with Gasteiger partial charge in [-0.1, -0.05) is 0 Å². The summed E-state index contributed by atoms with van der Waals surface area (Å²) in [6.07, 6.45) is 1.13. The van der Waals surface area contributed by atoms with E-state index in [2.05, 4.69) is 4.90 Å². The van der Waals surface area contributed by atoms with Crippen LogP contribution in [-0.4, -0.2) is 21.5 Å². The van der Waals surface area contributed by atoms with Gasteiger partial charge in [-0.05, 0) is 0 Å². The molecular weight excluding hydrogens is 277 g/mol. The normalized spacial score (nSPS) is 14.9. The first-order valence-electron chi connectivity index (χ1n) is 5.36. The quantitative estimate of drug-likeness (QED) is 0.588. The summed E-state index contributed by atoms with van der Waals surface area (Å²) in [5.41, 5.74) is 1.35. The molecule has 1 fully saturated rings. The summed E-state index contributed by atoms with van der Waals surface area (Å²) in [5.74, 6) is 0. The van der Waals surface area contributed by atoms with Gasteiger partial charge < -0.3 is 0 Å². The standard InChI is InChI=1S/C13H11N3Se/c14-9-11(10-15)13-16(7-4-8-17-13)12-5-2-1-3-6-12/h1-3,5-6H,4,7-8H2. The summed E-state index contributed by atoms with van der Waals surface area (Å²) in [7, 11) is 0. The fraction of sp³-hybridized carbons (Fsp3) is 0.231. The summed E-state index contributed by atoms with van der Waals surface area (Å²) >= 11 is 0.231. The zero-order valence-corrected chi connectivity index (χ0v) is 11.0. The van der Waals surface area contributed by atoms with Gasteiger partial charge in [0.1, 0.15) is 0 Å². The molecule has 4 heteroatoms. The van der Waals surface area contributed by atoms with Gasteiger partial charge in [-0.3, -0.25) is 0 Å². The molecule has 0 N–H and O–H groups in total. The van der Waals surface area contributed by atoms with E-state index < -0.39 is 0 Å². The molecule has 0 radical (unpaired) electrons. The first kappa shape index (κ1) is 11.7. The molecule has 0 aliphatic carbocycles. The maximum atomic E-state index is 9.00. The van der Waals surface area contributed by atoms with Crippen molar-refractivity contribution in [1.29, 1.82) is 10.5 Å². The van der Waals surface area contributed by atoms with E-state index in [1.807, 2.05) is 42.5 Å². The Hall–Kier alpha value is -1.74. The summed E-state index contributed by atoms with van der Waals surface area (Å²) < 4.78 is 0.931. The second kappa shape index (κ2) is 5.55. The number of nitrogens with zero attached hydrogens (tertiary/aromatic N) is 3. The Bertz CT molecular complexity index is 492. The number of hydrogen-bond donors (Lipinski definition) is 0. The number of allylic oxidation sites excluding steroid dienone is 1. The number of benzene rings is 1. The molecule has 1 heterocycles. The maximum absolute atomic E-state index is 9.00. The molecule has 17 heavy (non-hydrogen) atoms. The van der Waals surface area contributed by atoms with Crippen LogP contribution >= 0.6 is 0 Å². The molecule has 1 aliphatic rings. The van der Waals surface area contributed by atoms with Crippen LogP contribution in [0.4, 0.5) is 5.69 Å². The Kier molecular flexibility index (Phi) is 3.83. The van der Waals surface area contributed by atoms with Crippen molar-refractivity contribution in [1.82, 2.24) is 0 Å². The molecule has 1 aromatic rings. The molecule has 0 saturated carbocycles.